The number of ether oxygens (including phenoxy) is 1. The van der Waals surface area contributed by atoms with Crippen molar-refractivity contribution in [2.24, 2.45) is 0 Å². The average Bonchev–Trinajstić information content (AvgIpc) is 2.48. The normalized spacial score (nSPS) is 18.2. The summed E-state index contributed by atoms with van der Waals surface area (Å²) < 4.78 is 56.7. The number of alkyl halides is 3. The van der Waals surface area contributed by atoms with Crippen LogP contribution in [0.25, 0.3) is 0 Å². The molecule has 0 amide bonds. The summed E-state index contributed by atoms with van der Waals surface area (Å²) in [5.41, 5.74) is 0.480. The number of hydrogen-bond donors (Lipinski definition) is 1. The number of nitrogens with zero attached hydrogens (tertiary/aromatic N) is 1. The maximum absolute atomic E-state index is 13.6. The van der Waals surface area contributed by atoms with Crippen LogP contribution in [-0.2, 0) is 0 Å². The van der Waals surface area contributed by atoms with Gasteiger partial charge in [0.25, 0.3) is 0 Å². The molecule has 1 aromatic rings. The monoisotopic (exact) mass is 320 g/mol. The van der Waals surface area contributed by atoms with Crippen LogP contribution in [0.4, 0.5) is 17.6 Å². The van der Waals surface area contributed by atoms with Gasteiger partial charge in [-0.1, -0.05) is 0 Å². The zero-order valence-electron chi connectivity index (χ0n) is 12.4. The molecule has 22 heavy (non-hydrogen) atoms. The molecule has 1 saturated heterocycles. The van der Waals surface area contributed by atoms with E-state index in [1.54, 1.807) is 0 Å². The van der Waals surface area contributed by atoms with Crippen LogP contribution in [0.2, 0.25) is 0 Å². The first-order valence-electron chi connectivity index (χ1n) is 7.25. The van der Waals surface area contributed by atoms with E-state index in [1.807, 2.05) is 4.90 Å². The minimum atomic E-state index is -4.23. The van der Waals surface area contributed by atoms with Crippen LogP contribution in [0.15, 0.2) is 18.2 Å². The predicted octanol–water partition coefficient (Wildman–Crippen LogP) is 3.12. The van der Waals surface area contributed by atoms with Crippen LogP contribution >= 0.6 is 0 Å². The molecule has 1 heterocycles. The molecule has 1 aliphatic rings. The topological polar surface area (TPSA) is 24.5 Å². The molecule has 3 nitrogen and oxygen atoms in total. The summed E-state index contributed by atoms with van der Waals surface area (Å²) in [4.78, 5) is 1.96. The minimum absolute atomic E-state index is 0.108. The first kappa shape index (κ1) is 17.0. The average molecular weight is 320 g/mol. The Labute approximate surface area is 127 Å². The van der Waals surface area contributed by atoms with Crippen LogP contribution in [0.1, 0.15) is 24.4 Å². The van der Waals surface area contributed by atoms with E-state index < -0.39 is 24.5 Å². The molecule has 0 aliphatic carbocycles. The highest BCUT2D eigenvalue weighted by Gasteiger charge is 2.32. The molecule has 0 saturated carbocycles. The summed E-state index contributed by atoms with van der Waals surface area (Å²) in [5, 5.41) is 3.16. The third-order valence-corrected chi connectivity index (χ3v) is 3.84. The summed E-state index contributed by atoms with van der Waals surface area (Å²) in [6, 6.07) is 3.49. The summed E-state index contributed by atoms with van der Waals surface area (Å²) in [6.45, 7) is 2.67. The Balaban J connectivity index is 2.28. The van der Waals surface area contributed by atoms with Crippen molar-refractivity contribution in [3.63, 3.8) is 0 Å². The van der Waals surface area contributed by atoms with Crippen LogP contribution in [-0.4, -0.2) is 44.4 Å². The number of piperazine rings is 1. The van der Waals surface area contributed by atoms with E-state index in [0.29, 0.717) is 37.5 Å². The number of benzene rings is 1. The van der Waals surface area contributed by atoms with Crippen LogP contribution in [0.5, 0.6) is 5.75 Å². The molecule has 1 fully saturated rings. The zero-order valence-corrected chi connectivity index (χ0v) is 12.4. The quantitative estimate of drug-likeness (QED) is 0.844. The van der Waals surface area contributed by atoms with Gasteiger partial charge in [0.1, 0.15) is 11.6 Å². The van der Waals surface area contributed by atoms with Gasteiger partial charge >= 0.3 is 6.18 Å². The number of nitrogens with one attached hydrogen (secondary N) is 1. The molecular weight excluding hydrogens is 300 g/mol. The SMILES string of the molecule is COc1ccc(F)cc1[C@@H](CCC(F)(F)F)N1CCNCC1. The Hall–Kier alpha value is -1.34. The minimum Gasteiger partial charge on any atom is -0.496 e. The second-order valence-electron chi connectivity index (χ2n) is 5.34. The highest BCUT2D eigenvalue weighted by Crippen LogP contribution is 2.36. The van der Waals surface area contributed by atoms with Crippen LogP contribution in [0, 0.1) is 5.82 Å². The molecule has 1 N–H and O–H groups in total. The van der Waals surface area contributed by atoms with E-state index in [-0.39, 0.29) is 6.42 Å². The number of methoxy groups -OCH3 is 1. The molecule has 7 heteroatoms. The van der Waals surface area contributed by atoms with Gasteiger partial charge in [-0.05, 0) is 24.6 Å². The van der Waals surface area contributed by atoms with Crippen LogP contribution in [0.3, 0.4) is 0 Å². The van der Waals surface area contributed by atoms with Crippen molar-refractivity contribution in [3.05, 3.63) is 29.6 Å². The largest absolute Gasteiger partial charge is 0.496 e. The van der Waals surface area contributed by atoms with E-state index in [2.05, 4.69) is 5.32 Å². The lowest BCUT2D eigenvalue weighted by Crippen LogP contribution is -2.45. The third-order valence-electron chi connectivity index (χ3n) is 3.84. The summed E-state index contributed by atoms with van der Waals surface area (Å²) >= 11 is 0. The van der Waals surface area contributed by atoms with Gasteiger partial charge in [0.05, 0.1) is 7.11 Å². The van der Waals surface area contributed by atoms with E-state index in [4.69, 9.17) is 4.74 Å². The van der Waals surface area contributed by atoms with E-state index in [9.17, 15) is 17.6 Å². The first-order valence-corrected chi connectivity index (χ1v) is 7.25. The molecule has 2 rings (SSSR count). The highest BCUT2D eigenvalue weighted by molar-refractivity contribution is 5.36. The summed E-state index contributed by atoms with van der Waals surface area (Å²) in [7, 11) is 1.44. The number of rotatable bonds is 5. The lowest BCUT2D eigenvalue weighted by Gasteiger charge is -2.36. The fourth-order valence-corrected chi connectivity index (χ4v) is 2.79. The molecule has 0 radical (unpaired) electrons. The van der Waals surface area contributed by atoms with Crippen molar-refractivity contribution >= 4 is 0 Å². The van der Waals surface area contributed by atoms with Crippen molar-refractivity contribution < 1.29 is 22.3 Å². The lowest BCUT2D eigenvalue weighted by atomic mass is 9.98. The van der Waals surface area contributed by atoms with Gasteiger partial charge < -0.3 is 10.1 Å². The summed E-state index contributed by atoms with van der Waals surface area (Å²) in [5.74, 6) is -0.0462. The van der Waals surface area contributed by atoms with E-state index in [0.717, 1.165) is 0 Å². The van der Waals surface area contributed by atoms with Gasteiger partial charge in [-0.15, -0.1) is 0 Å². The fourth-order valence-electron chi connectivity index (χ4n) is 2.79. The van der Waals surface area contributed by atoms with Gasteiger partial charge in [-0.3, -0.25) is 4.90 Å². The van der Waals surface area contributed by atoms with Gasteiger partial charge in [-0.2, -0.15) is 13.2 Å². The van der Waals surface area contributed by atoms with Crippen LogP contribution < -0.4 is 10.1 Å². The molecule has 0 unspecified atom stereocenters. The second-order valence-corrected chi connectivity index (χ2v) is 5.34. The Bertz CT molecular complexity index is 487. The van der Waals surface area contributed by atoms with Gasteiger partial charge in [0, 0.05) is 44.2 Å². The Morgan fingerprint density at radius 3 is 2.55 bits per heavy atom. The summed E-state index contributed by atoms with van der Waals surface area (Å²) in [6.07, 6.45) is -5.24. The van der Waals surface area contributed by atoms with E-state index in [1.165, 1.54) is 25.3 Å². The maximum atomic E-state index is 13.6. The van der Waals surface area contributed by atoms with Crippen molar-refractivity contribution in [1.29, 1.82) is 0 Å². The third kappa shape index (κ3) is 4.58. The number of halogens is 4. The second kappa shape index (κ2) is 7.28. The van der Waals surface area contributed by atoms with Crippen molar-refractivity contribution in [1.82, 2.24) is 10.2 Å². The Morgan fingerprint density at radius 2 is 1.95 bits per heavy atom. The van der Waals surface area contributed by atoms with E-state index >= 15 is 0 Å². The molecule has 1 aliphatic heterocycles. The zero-order chi connectivity index (χ0) is 16.2. The molecule has 124 valence electrons. The van der Waals surface area contributed by atoms with Gasteiger partial charge in [-0.25, -0.2) is 4.39 Å². The molecule has 0 aromatic heterocycles. The molecule has 0 spiro atoms. The fraction of sp³-hybridized carbons (Fsp3) is 0.600. The maximum Gasteiger partial charge on any atom is 0.389 e. The number of hydrogen-bond acceptors (Lipinski definition) is 3. The lowest BCUT2D eigenvalue weighted by molar-refractivity contribution is -0.138. The van der Waals surface area contributed by atoms with Crippen molar-refractivity contribution in [2.75, 3.05) is 33.3 Å². The predicted molar refractivity (Wildman–Crippen MR) is 75.4 cm³/mol. The smallest absolute Gasteiger partial charge is 0.389 e. The van der Waals surface area contributed by atoms with Crippen molar-refractivity contribution in [2.45, 2.75) is 25.1 Å². The highest BCUT2D eigenvalue weighted by atomic mass is 19.4. The Morgan fingerprint density at radius 1 is 1.27 bits per heavy atom. The molecule has 1 atom stereocenters. The van der Waals surface area contributed by atoms with Gasteiger partial charge in [0.2, 0.25) is 0 Å². The van der Waals surface area contributed by atoms with Gasteiger partial charge in [0.15, 0.2) is 0 Å². The van der Waals surface area contributed by atoms with Crippen molar-refractivity contribution in [3.8, 4) is 5.75 Å². The Kier molecular flexibility index (Phi) is 5.63. The molecular formula is C15H20F4N2O. The molecule has 0 bridgehead atoms. The first-order chi connectivity index (χ1) is 10.4. The molecule has 1 aromatic carbocycles. The standard InChI is InChI=1S/C15H20F4N2O/c1-22-14-3-2-11(16)10-12(14)13(4-5-15(17,18)19)21-8-6-20-7-9-21/h2-3,10,13,20H,4-9H2,1H3/t13-/m1/s1.